The van der Waals surface area contributed by atoms with E-state index in [0.29, 0.717) is 6.42 Å². The molecule has 0 saturated heterocycles. The summed E-state index contributed by atoms with van der Waals surface area (Å²) in [7, 11) is -2.01. The van der Waals surface area contributed by atoms with Crippen molar-refractivity contribution >= 4 is 31.9 Å². The fraction of sp³-hybridized carbons (Fsp3) is 0.857. The molecule has 0 aliphatic carbocycles. The number of hydrogen-bond acceptors (Lipinski definition) is 4. The standard InChI is InChI=1S/C7H14BrNO4S/c1-3-4-14(11,12)9-5-6(8)7(10)13-2/h6,9H,3-5H2,1-2H3. The van der Waals surface area contributed by atoms with E-state index in [-0.39, 0.29) is 12.3 Å². The van der Waals surface area contributed by atoms with Gasteiger partial charge in [0.05, 0.1) is 12.9 Å². The molecule has 0 amide bonds. The number of methoxy groups -OCH3 is 1. The molecule has 0 spiro atoms. The van der Waals surface area contributed by atoms with Crippen molar-refractivity contribution < 1.29 is 17.9 Å². The number of hydrogen-bond donors (Lipinski definition) is 1. The molecule has 0 aromatic heterocycles. The van der Waals surface area contributed by atoms with E-state index in [1.54, 1.807) is 6.92 Å². The van der Waals surface area contributed by atoms with Crippen LogP contribution in [-0.4, -0.2) is 38.6 Å². The highest BCUT2D eigenvalue weighted by molar-refractivity contribution is 9.10. The summed E-state index contributed by atoms with van der Waals surface area (Å²) in [6, 6.07) is 0. The second-order valence-electron chi connectivity index (χ2n) is 2.66. The van der Waals surface area contributed by atoms with Gasteiger partial charge >= 0.3 is 5.97 Å². The van der Waals surface area contributed by atoms with Crippen LogP contribution in [0.2, 0.25) is 0 Å². The largest absolute Gasteiger partial charge is 0.468 e. The van der Waals surface area contributed by atoms with Gasteiger partial charge in [0.25, 0.3) is 0 Å². The lowest BCUT2D eigenvalue weighted by atomic mass is 10.4. The first kappa shape index (κ1) is 13.9. The summed E-state index contributed by atoms with van der Waals surface area (Å²) in [5.41, 5.74) is 0. The number of esters is 1. The Balaban J connectivity index is 4.00. The van der Waals surface area contributed by atoms with Crippen molar-refractivity contribution in [2.24, 2.45) is 0 Å². The van der Waals surface area contributed by atoms with Gasteiger partial charge < -0.3 is 4.74 Å². The van der Waals surface area contributed by atoms with Crippen molar-refractivity contribution in [1.29, 1.82) is 0 Å². The maximum Gasteiger partial charge on any atom is 0.320 e. The average Bonchev–Trinajstić information content (AvgIpc) is 2.13. The van der Waals surface area contributed by atoms with Crippen LogP contribution >= 0.6 is 15.9 Å². The molecule has 0 aliphatic heterocycles. The Hall–Kier alpha value is -0.140. The van der Waals surface area contributed by atoms with Crippen LogP contribution in [0.1, 0.15) is 13.3 Å². The molecule has 1 atom stereocenters. The van der Waals surface area contributed by atoms with Crippen molar-refractivity contribution in [2.45, 2.75) is 18.2 Å². The molecule has 7 heteroatoms. The summed E-state index contributed by atoms with van der Waals surface area (Å²) < 4.78 is 29.0. The summed E-state index contributed by atoms with van der Waals surface area (Å²) in [6.45, 7) is 1.78. The Morgan fingerprint density at radius 3 is 2.57 bits per heavy atom. The first-order chi connectivity index (χ1) is 6.43. The van der Waals surface area contributed by atoms with Gasteiger partial charge in [0.1, 0.15) is 4.83 Å². The van der Waals surface area contributed by atoms with E-state index in [0.717, 1.165) is 0 Å². The maximum atomic E-state index is 11.2. The van der Waals surface area contributed by atoms with Crippen molar-refractivity contribution in [3.63, 3.8) is 0 Å². The molecule has 0 heterocycles. The third-order valence-corrected chi connectivity index (χ3v) is 3.66. The molecule has 0 aromatic carbocycles. The van der Waals surface area contributed by atoms with Gasteiger partial charge in [-0.05, 0) is 6.42 Å². The highest BCUT2D eigenvalue weighted by Crippen LogP contribution is 2.01. The minimum absolute atomic E-state index is 0.00894. The number of rotatable bonds is 6. The topological polar surface area (TPSA) is 72.5 Å². The minimum atomic E-state index is -3.26. The van der Waals surface area contributed by atoms with Crippen LogP contribution in [0.3, 0.4) is 0 Å². The Labute approximate surface area is 92.4 Å². The number of ether oxygens (including phenoxy) is 1. The normalized spacial score (nSPS) is 13.6. The Bertz CT molecular complexity index is 277. The van der Waals surface area contributed by atoms with E-state index in [9.17, 15) is 13.2 Å². The van der Waals surface area contributed by atoms with Gasteiger partial charge in [0.2, 0.25) is 10.0 Å². The predicted molar refractivity (Wildman–Crippen MR) is 56.8 cm³/mol. The number of carbonyl (C=O) groups is 1. The average molecular weight is 288 g/mol. The van der Waals surface area contributed by atoms with Gasteiger partial charge in [-0.15, -0.1) is 0 Å². The van der Waals surface area contributed by atoms with Crippen LogP contribution in [0.15, 0.2) is 0 Å². The Morgan fingerprint density at radius 1 is 1.57 bits per heavy atom. The molecule has 84 valence electrons. The molecule has 0 aliphatic rings. The minimum Gasteiger partial charge on any atom is -0.468 e. The number of alkyl halides is 1. The molecule has 5 nitrogen and oxygen atoms in total. The third kappa shape index (κ3) is 5.56. The number of carbonyl (C=O) groups excluding carboxylic acids is 1. The second kappa shape index (κ2) is 6.36. The summed E-state index contributed by atoms with van der Waals surface area (Å²) >= 11 is 3.01. The first-order valence-electron chi connectivity index (χ1n) is 4.12. The maximum absolute atomic E-state index is 11.2. The molecule has 0 saturated carbocycles. The van der Waals surface area contributed by atoms with Gasteiger partial charge in [-0.25, -0.2) is 13.1 Å². The van der Waals surface area contributed by atoms with Gasteiger partial charge in [-0.1, -0.05) is 22.9 Å². The van der Waals surface area contributed by atoms with Gasteiger partial charge in [-0.3, -0.25) is 4.79 Å². The molecule has 1 unspecified atom stereocenters. The monoisotopic (exact) mass is 287 g/mol. The Kier molecular flexibility index (Phi) is 6.30. The van der Waals surface area contributed by atoms with Crippen LogP contribution in [-0.2, 0) is 19.6 Å². The number of halogens is 1. The van der Waals surface area contributed by atoms with E-state index < -0.39 is 20.8 Å². The fourth-order valence-electron chi connectivity index (χ4n) is 0.752. The van der Waals surface area contributed by atoms with E-state index >= 15 is 0 Å². The number of nitrogens with one attached hydrogen (secondary N) is 1. The predicted octanol–water partition coefficient (Wildman–Crippen LogP) is 0.252. The fourth-order valence-corrected chi connectivity index (χ4v) is 2.42. The summed E-state index contributed by atoms with van der Waals surface area (Å²) in [5.74, 6) is -0.433. The SMILES string of the molecule is CCCS(=O)(=O)NCC(Br)C(=O)OC. The highest BCUT2D eigenvalue weighted by atomic mass is 79.9. The molecular weight excluding hydrogens is 274 g/mol. The number of sulfonamides is 1. The van der Waals surface area contributed by atoms with Crippen molar-refractivity contribution in [2.75, 3.05) is 19.4 Å². The second-order valence-corrected chi connectivity index (χ2v) is 5.69. The molecule has 0 fully saturated rings. The van der Waals surface area contributed by atoms with Crippen LogP contribution < -0.4 is 4.72 Å². The van der Waals surface area contributed by atoms with Crippen LogP contribution in [0.5, 0.6) is 0 Å². The van der Waals surface area contributed by atoms with Crippen LogP contribution in [0, 0.1) is 0 Å². The van der Waals surface area contributed by atoms with Crippen molar-refractivity contribution in [1.82, 2.24) is 4.72 Å². The zero-order valence-corrected chi connectivity index (χ0v) is 10.5. The molecule has 0 aromatic rings. The van der Waals surface area contributed by atoms with E-state index in [2.05, 4.69) is 25.4 Å². The molecular formula is C7H14BrNO4S. The van der Waals surface area contributed by atoms with E-state index in [1.807, 2.05) is 0 Å². The highest BCUT2D eigenvalue weighted by Gasteiger charge is 2.18. The summed E-state index contributed by atoms with van der Waals surface area (Å²) in [6.07, 6.45) is 0.542. The van der Waals surface area contributed by atoms with Crippen molar-refractivity contribution in [3.05, 3.63) is 0 Å². The Morgan fingerprint density at radius 2 is 2.14 bits per heavy atom. The zero-order valence-electron chi connectivity index (χ0n) is 8.12. The molecule has 1 N–H and O–H groups in total. The third-order valence-electron chi connectivity index (χ3n) is 1.41. The molecule has 14 heavy (non-hydrogen) atoms. The molecule has 0 rings (SSSR count). The van der Waals surface area contributed by atoms with Crippen molar-refractivity contribution in [3.8, 4) is 0 Å². The molecule has 0 radical (unpaired) electrons. The molecule has 0 bridgehead atoms. The lowest BCUT2D eigenvalue weighted by molar-refractivity contribution is -0.139. The lowest BCUT2D eigenvalue weighted by Crippen LogP contribution is -2.35. The van der Waals surface area contributed by atoms with Gasteiger partial charge in [0, 0.05) is 6.54 Å². The van der Waals surface area contributed by atoms with Crippen LogP contribution in [0.25, 0.3) is 0 Å². The van der Waals surface area contributed by atoms with E-state index in [4.69, 9.17) is 0 Å². The zero-order chi connectivity index (χ0) is 11.2. The lowest BCUT2D eigenvalue weighted by Gasteiger charge is -2.08. The smallest absolute Gasteiger partial charge is 0.320 e. The van der Waals surface area contributed by atoms with Gasteiger partial charge in [-0.2, -0.15) is 0 Å². The van der Waals surface area contributed by atoms with Crippen LogP contribution in [0.4, 0.5) is 0 Å². The van der Waals surface area contributed by atoms with E-state index in [1.165, 1.54) is 7.11 Å². The first-order valence-corrected chi connectivity index (χ1v) is 6.69. The van der Waals surface area contributed by atoms with Gasteiger partial charge in [0.15, 0.2) is 0 Å². The summed E-state index contributed by atoms with van der Waals surface area (Å²) in [4.78, 5) is 10.2. The quantitative estimate of drug-likeness (QED) is 0.562. The summed E-state index contributed by atoms with van der Waals surface area (Å²) in [5, 5.41) is 0.